The number of nitrogens with zero attached hydrogens (tertiary/aromatic N) is 3. The van der Waals surface area contributed by atoms with E-state index in [-0.39, 0.29) is 0 Å². The third kappa shape index (κ3) is 3.05. The number of anilines is 1. The summed E-state index contributed by atoms with van der Waals surface area (Å²) >= 11 is 0. The van der Waals surface area contributed by atoms with Gasteiger partial charge in [0.05, 0.1) is 11.4 Å². The minimum Gasteiger partial charge on any atom is -0.383 e. The van der Waals surface area contributed by atoms with Gasteiger partial charge in [0.1, 0.15) is 11.5 Å². The summed E-state index contributed by atoms with van der Waals surface area (Å²) in [7, 11) is 0. The molecule has 2 N–H and O–H groups in total. The Hall–Kier alpha value is -3.92. The van der Waals surface area contributed by atoms with Crippen molar-refractivity contribution in [3.8, 4) is 28.2 Å². The molecule has 0 amide bonds. The van der Waals surface area contributed by atoms with Crippen molar-refractivity contribution < 1.29 is 0 Å². The van der Waals surface area contributed by atoms with Crippen molar-refractivity contribution in [1.82, 2.24) is 14.5 Å². The lowest BCUT2D eigenvalue weighted by molar-refractivity contribution is 1.09. The smallest absolute Gasteiger partial charge is 0.145 e. The molecule has 0 aliphatic rings. The quantitative estimate of drug-likeness (QED) is 0.443. The molecule has 0 atom stereocenters. The lowest BCUT2D eigenvalue weighted by Crippen LogP contribution is -2.01. The highest BCUT2D eigenvalue weighted by Gasteiger charge is 2.16. The number of hydrogen-bond donors (Lipinski definition) is 1. The molecule has 0 unspecified atom stereocenters. The Labute approximate surface area is 169 Å². The molecule has 29 heavy (non-hydrogen) atoms. The number of hydrogen-bond acceptors (Lipinski definition) is 3. The van der Waals surface area contributed by atoms with Crippen LogP contribution >= 0.6 is 0 Å². The average Bonchev–Trinajstić information content (AvgIpc) is 3.14. The van der Waals surface area contributed by atoms with E-state index in [0.717, 1.165) is 39.2 Å². The first-order valence-corrected chi connectivity index (χ1v) is 9.56. The molecule has 3 heterocycles. The fourth-order valence-electron chi connectivity index (χ4n) is 3.63. The molecule has 0 aliphatic carbocycles. The molecule has 0 spiro atoms. The first-order valence-electron chi connectivity index (χ1n) is 9.56. The lowest BCUT2D eigenvalue weighted by atomic mass is 10.1. The van der Waals surface area contributed by atoms with E-state index >= 15 is 0 Å². The zero-order valence-corrected chi connectivity index (χ0v) is 16.1. The molecule has 0 fully saturated rings. The van der Waals surface area contributed by atoms with E-state index in [4.69, 9.17) is 10.7 Å². The fraction of sp³-hybridized carbons (Fsp3) is 0.0400. The fourth-order valence-corrected chi connectivity index (χ4v) is 3.63. The number of aryl methyl sites for hydroxylation is 1. The molecule has 5 rings (SSSR count). The molecule has 2 aromatic carbocycles. The van der Waals surface area contributed by atoms with Crippen LogP contribution in [0.4, 0.5) is 5.82 Å². The SMILES string of the molecule is Cc1ccc(-n2c(-c3cccnc3N)cc3ccc(-c4ccccc4)nc32)cc1. The van der Waals surface area contributed by atoms with Crippen molar-refractivity contribution in [3.05, 3.63) is 96.7 Å². The maximum absolute atomic E-state index is 6.22. The van der Waals surface area contributed by atoms with Crippen LogP contribution in [0.5, 0.6) is 0 Å². The highest BCUT2D eigenvalue weighted by atomic mass is 15.1. The van der Waals surface area contributed by atoms with Gasteiger partial charge in [-0.3, -0.25) is 4.57 Å². The summed E-state index contributed by atoms with van der Waals surface area (Å²) in [5, 5.41) is 1.06. The van der Waals surface area contributed by atoms with Gasteiger partial charge in [0, 0.05) is 28.4 Å². The van der Waals surface area contributed by atoms with Crippen molar-refractivity contribution in [2.75, 3.05) is 5.73 Å². The van der Waals surface area contributed by atoms with Crippen LogP contribution in [0.15, 0.2) is 91.1 Å². The number of rotatable bonds is 3. The van der Waals surface area contributed by atoms with Gasteiger partial charge in [-0.15, -0.1) is 0 Å². The maximum atomic E-state index is 6.22. The van der Waals surface area contributed by atoms with Gasteiger partial charge in [-0.2, -0.15) is 0 Å². The van der Waals surface area contributed by atoms with Crippen LogP contribution in [0.25, 0.3) is 39.2 Å². The monoisotopic (exact) mass is 376 g/mol. The van der Waals surface area contributed by atoms with Gasteiger partial charge in [0.15, 0.2) is 0 Å². The Bertz CT molecular complexity index is 1300. The van der Waals surface area contributed by atoms with Crippen molar-refractivity contribution >= 4 is 16.9 Å². The second-order valence-corrected chi connectivity index (χ2v) is 7.11. The number of pyridine rings is 2. The average molecular weight is 376 g/mol. The van der Waals surface area contributed by atoms with Crippen LogP contribution in [-0.2, 0) is 0 Å². The zero-order chi connectivity index (χ0) is 19.8. The van der Waals surface area contributed by atoms with E-state index in [9.17, 15) is 0 Å². The van der Waals surface area contributed by atoms with Crippen LogP contribution < -0.4 is 5.73 Å². The summed E-state index contributed by atoms with van der Waals surface area (Å²) in [6.07, 6.45) is 1.71. The van der Waals surface area contributed by atoms with Crippen LogP contribution in [-0.4, -0.2) is 14.5 Å². The number of nitrogen functional groups attached to an aromatic ring is 1. The number of benzene rings is 2. The van der Waals surface area contributed by atoms with E-state index in [1.807, 2.05) is 30.3 Å². The Balaban J connectivity index is 1.81. The summed E-state index contributed by atoms with van der Waals surface area (Å²) < 4.78 is 2.16. The Kier molecular flexibility index (Phi) is 4.10. The van der Waals surface area contributed by atoms with Crippen LogP contribution in [0.3, 0.4) is 0 Å². The van der Waals surface area contributed by atoms with E-state index in [1.165, 1.54) is 5.56 Å². The number of nitrogens with two attached hydrogens (primary N) is 1. The number of aromatic nitrogens is 3. The molecular weight excluding hydrogens is 356 g/mol. The van der Waals surface area contributed by atoms with Crippen molar-refractivity contribution in [2.45, 2.75) is 6.92 Å². The zero-order valence-electron chi connectivity index (χ0n) is 16.1. The molecule has 0 saturated heterocycles. The second kappa shape index (κ2) is 6.91. The summed E-state index contributed by atoms with van der Waals surface area (Å²) in [6.45, 7) is 2.09. The van der Waals surface area contributed by atoms with Gasteiger partial charge < -0.3 is 5.73 Å². The van der Waals surface area contributed by atoms with Crippen LogP contribution in [0, 0.1) is 6.92 Å². The predicted molar refractivity (Wildman–Crippen MR) is 119 cm³/mol. The summed E-state index contributed by atoms with van der Waals surface area (Å²) in [5.41, 5.74) is 13.3. The third-order valence-electron chi connectivity index (χ3n) is 5.13. The molecule has 5 aromatic rings. The van der Waals surface area contributed by atoms with Gasteiger partial charge in [-0.05, 0) is 49.4 Å². The summed E-state index contributed by atoms with van der Waals surface area (Å²) in [6, 6.07) is 28.9. The minimum atomic E-state index is 0.506. The maximum Gasteiger partial charge on any atom is 0.145 e. The molecule has 140 valence electrons. The molecule has 0 bridgehead atoms. The molecule has 0 saturated carbocycles. The molecule has 4 nitrogen and oxygen atoms in total. The Morgan fingerprint density at radius 3 is 2.38 bits per heavy atom. The van der Waals surface area contributed by atoms with Crippen LogP contribution in [0.1, 0.15) is 5.56 Å². The van der Waals surface area contributed by atoms with Gasteiger partial charge >= 0.3 is 0 Å². The second-order valence-electron chi connectivity index (χ2n) is 7.11. The van der Waals surface area contributed by atoms with Crippen molar-refractivity contribution in [1.29, 1.82) is 0 Å². The van der Waals surface area contributed by atoms with Gasteiger partial charge in [0.25, 0.3) is 0 Å². The highest BCUT2D eigenvalue weighted by Crippen LogP contribution is 2.34. The normalized spacial score (nSPS) is 11.1. The predicted octanol–water partition coefficient (Wildman–Crippen LogP) is 5.65. The van der Waals surface area contributed by atoms with Crippen LogP contribution in [0.2, 0.25) is 0 Å². The van der Waals surface area contributed by atoms with Gasteiger partial charge in [-0.1, -0.05) is 48.0 Å². The standard InChI is InChI=1S/C25H20N4/c1-17-9-12-20(13-10-17)29-23(21-8-5-15-27-24(21)26)16-19-11-14-22(28-25(19)29)18-6-3-2-4-7-18/h2-16H,1H3,(H2,26,27). The Morgan fingerprint density at radius 2 is 1.62 bits per heavy atom. The third-order valence-corrected chi connectivity index (χ3v) is 5.13. The molecule has 0 radical (unpaired) electrons. The van der Waals surface area contributed by atoms with E-state index in [0.29, 0.717) is 5.82 Å². The summed E-state index contributed by atoms with van der Waals surface area (Å²) in [5.74, 6) is 0.506. The molecule has 3 aromatic heterocycles. The largest absolute Gasteiger partial charge is 0.383 e. The van der Waals surface area contributed by atoms with Crippen molar-refractivity contribution in [3.63, 3.8) is 0 Å². The van der Waals surface area contributed by atoms with Gasteiger partial charge in [-0.25, -0.2) is 9.97 Å². The first kappa shape index (κ1) is 17.2. The van der Waals surface area contributed by atoms with Crippen molar-refractivity contribution in [2.24, 2.45) is 0 Å². The highest BCUT2D eigenvalue weighted by molar-refractivity contribution is 5.90. The van der Waals surface area contributed by atoms with E-state index in [2.05, 4.69) is 71.1 Å². The van der Waals surface area contributed by atoms with E-state index < -0.39 is 0 Å². The summed E-state index contributed by atoms with van der Waals surface area (Å²) in [4.78, 5) is 9.31. The lowest BCUT2D eigenvalue weighted by Gasteiger charge is -2.12. The molecule has 0 aliphatic heterocycles. The molecule has 4 heteroatoms. The molecular formula is C25H20N4. The Morgan fingerprint density at radius 1 is 0.828 bits per heavy atom. The van der Waals surface area contributed by atoms with Gasteiger partial charge in [0.2, 0.25) is 0 Å². The minimum absolute atomic E-state index is 0.506. The number of fused-ring (bicyclic) bond motifs is 1. The van der Waals surface area contributed by atoms with E-state index in [1.54, 1.807) is 6.20 Å². The first-order chi connectivity index (χ1) is 14.2. The topological polar surface area (TPSA) is 56.7 Å².